The number of hydrogen-bond acceptors (Lipinski definition) is 2. The Hall–Kier alpha value is -1.91. The van der Waals surface area contributed by atoms with Crippen molar-refractivity contribution in [1.82, 2.24) is 4.90 Å². The van der Waals surface area contributed by atoms with Crippen molar-refractivity contribution in [3.8, 4) is 0 Å². The number of carbonyl (C=O) groups is 2. The number of nitrogens with zero attached hydrogens (tertiary/aromatic N) is 1. The first kappa shape index (κ1) is 17.1. The van der Waals surface area contributed by atoms with Crippen molar-refractivity contribution in [3.05, 3.63) is 30.1 Å². The number of benzene rings is 1. The van der Waals surface area contributed by atoms with Crippen LogP contribution in [0.4, 0.5) is 10.1 Å². The molecule has 5 heteroatoms. The molecule has 0 fully saturated rings. The number of unbranched alkanes of at least 4 members (excludes halogenated alkanes) is 2. The summed E-state index contributed by atoms with van der Waals surface area (Å²) in [4.78, 5) is 25.0. The molecule has 0 heterocycles. The van der Waals surface area contributed by atoms with Gasteiger partial charge in [0.05, 0.1) is 5.69 Å². The first-order valence-corrected chi connectivity index (χ1v) is 7.34. The van der Waals surface area contributed by atoms with Gasteiger partial charge in [-0.1, -0.05) is 31.9 Å². The van der Waals surface area contributed by atoms with Crippen LogP contribution in [-0.2, 0) is 9.59 Å². The summed E-state index contributed by atoms with van der Waals surface area (Å²) in [6.45, 7) is 4.62. The Kier molecular flexibility index (Phi) is 7.43. The monoisotopic (exact) mass is 294 g/mol. The quantitative estimate of drug-likeness (QED) is 0.749. The van der Waals surface area contributed by atoms with Crippen LogP contribution in [0.15, 0.2) is 24.3 Å². The molecule has 1 N–H and O–H groups in total. The molecule has 21 heavy (non-hydrogen) atoms. The number of rotatable bonds is 8. The molecule has 0 aliphatic rings. The van der Waals surface area contributed by atoms with E-state index in [1.807, 2.05) is 0 Å². The third-order valence-corrected chi connectivity index (χ3v) is 3.23. The maximum atomic E-state index is 13.4. The summed E-state index contributed by atoms with van der Waals surface area (Å²) in [7, 11) is 0. The van der Waals surface area contributed by atoms with Crippen LogP contribution in [0.3, 0.4) is 0 Å². The lowest BCUT2D eigenvalue weighted by Crippen LogP contribution is -2.33. The smallest absolute Gasteiger partial charge is 0.226 e. The second kappa shape index (κ2) is 9.10. The Morgan fingerprint density at radius 3 is 2.52 bits per heavy atom. The number of amides is 2. The maximum absolute atomic E-state index is 13.4. The van der Waals surface area contributed by atoms with E-state index in [9.17, 15) is 14.0 Å². The van der Waals surface area contributed by atoms with E-state index < -0.39 is 5.82 Å². The number of hydrogen-bond donors (Lipinski definition) is 1. The summed E-state index contributed by atoms with van der Waals surface area (Å²) < 4.78 is 13.4. The van der Waals surface area contributed by atoms with E-state index in [1.165, 1.54) is 19.1 Å². The Morgan fingerprint density at radius 2 is 1.90 bits per heavy atom. The minimum absolute atomic E-state index is 0.0372. The molecular formula is C16H23FN2O2. The van der Waals surface area contributed by atoms with Gasteiger partial charge < -0.3 is 10.2 Å². The highest BCUT2D eigenvalue weighted by Crippen LogP contribution is 2.12. The van der Waals surface area contributed by atoms with Crippen LogP contribution in [0, 0.1) is 5.82 Å². The molecule has 0 saturated carbocycles. The molecule has 0 unspecified atom stereocenters. The van der Waals surface area contributed by atoms with E-state index in [2.05, 4.69) is 12.2 Å². The van der Waals surface area contributed by atoms with Crippen LogP contribution in [0.2, 0.25) is 0 Å². The number of nitrogens with one attached hydrogen (secondary N) is 1. The molecule has 1 aromatic rings. The molecule has 2 amide bonds. The lowest BCUT2D eigenvalue weighted by molar-refractivity contribution is -0.129. The average Bonchev–Trinajstić information content (AvgIpc) is 2.44. The van der Waals surface area contributed by atoms with Gasteiger partial charge in [-0.05, 0) is 18.6 Å². The Bertz CT molecular complexity index is 477. The van der Waals surface area contributed by atoms with Crippen molar-refractivity contribution in [1.29, 1.82) is 0 Å². The Morgan fingerprint density at radius 1 is 1.19 bits per heavy atom. The molecule has 0 bridgehead atoms. The van der Waals surface area contributed by atoms with Gasteiger partial charge in [-0.25, -0.2) is 4.39 Å². The van der Waals surface area contributed by atoms with Crippen molar-refractivity contribution in [2.24, 2.45) is 0 Å². The van der Waals surface area contributed by atoms with E-state index >= 15 is 0 Å². The standard InChI is InChI=1S/C16H23FN2O2/c1-3-4-7-11-19(13(2)20)12-10-16(21)18-15-9-6-5-8-14(15)17/h5-6,8-9H,3-4,7,10-12H2,1-2H3,(H,18,21). The minimum atomic E-state index is -0.461. The van der Waals surface area contributed by atoms with Crippen LogP contribution in [0.25, 0.3) is 0 Å². The summed E-state index contributed by atoms with van der Waals surface area (Å²) in [5.74, 6) is -0.788. The van der Waals surface area contributed by atoms with E-state index in [-0.39, 0.29) is 23.9 Å². The molecule has 116 valence electrons. The number of carbonyl (C=O) groups excluding carboxylic acids is 2. The molecule has 0 radical (unpaired) electrons. The van der Waals surface area contributed by atoms with Crippen molar-refractivity contribution in [2.75, 3.05) is 18.4 Å². The highest BCUT2D eigenvalue weighted by Gasteiger charge is 2.12. The van der Waals surface area contributed by atoms with E-state index in [4.69, 9.17) is 0 Å². The fraction of sp³-hybridized carbons (Fsp3) is 0.500. The van der Waals surface area contributed by atoms with Gasteiger partial charge in [0.1, 0.15) is 5.82 Å². The molecule has 0 atom stereocenters. The number of para-hydroxylation sites is 1. The zero-order chi connectivity index (χ0) is 15.7. The van der Waals surface area contributed by atoms with Gasteiger partial charge in [0.2, 0.25) is 11.8 Å². The van der Waals surface area contributed by atoms with Crippen molar-refractivity contribution in [2.45, 2.75) is 39.5 Å². The van der Waals surface area contributed by atoms with Gasteiger partial charge in [-0.3, -0.25) is 9.59 Å². The zero-order valence-corrected chi connectivity index (χ0v) is 12.7. The van der Waals surface area contributed by atoms with E-state index in [1.54, 1.807) is 17.0 Å². The predicted molar refractivity (Wildman–Crippen MR) is 81.4 cm³/mol. The molecule has 0 aromatic heterocycles. The average molecular weight is 294 g/mol. The Labute approximate surface area is 125 Å². The minimum Gasteiger partial charge on any atom is -0.342 e. The zero-order valence-electron chi connectivity index (χ0n) is 12.7. The van der Waals surface area contributed by atoms with Crippen LogP contribution in [0.5, 0.6) is 0 Å². The second-order valence-corrected chi connectivity index (χ2v) is 4.99. The highest BCUT2D eigenvalue weighted by molar-refractivity contribution is 5.91. The third kappa shape index (κ3) is 6.38. The number of halogens is 1. The highest BCUT2D eigenvalue weighted by atomic mass is 19.1. The van der Waals surface area contributed by atoms with Crippen LogP contribution in [-0.4, -0.2) is 29.8 Å². The van der Waals surface area contributed by atoms with Crippen molar-refractivity contribution >= 4 is 17.5 Å². The second-order valence-electron chi connectivity index (χ2n) is 4.99. The predicted octanol–water partition coefficient (Wildman–Crippen LogP) is 3.19. The third-order valence-electron chi connectivity index (χ3n) is 3.23. The molecule has 4 nitrogen and oxygen atoms in total. The van der Waals surface area contributed by atoms with Crippen LogP contribution in [0.1, 0.15) is 39.5 Å². The Balaban J connectivity index is 2.42. The van der Waals surface area contributed by atoms with Gasteiger partial charge in [-0.2, -0.15) is 0 Å². The SMILES string of the molecule is CCCCCN(CCC(=O)Nc1ccccc1F)C(C)=O. The van der Waals surface area contributed by atoms with Gasteiger partial charge in [-0.15, -0.1) is 0 Å². The summed E-state index contributed by atoms with van der Waals surface area (Å²) in [5, 5.41) is 2.52. The lowest BCUT2D eigenvalue weighted by Gasteiger charge is -2.20. The van der Waals surface area contributed by atoms with Crippen LogP contribution >= 0.6 is 0 Å². The van der Waals surface area contributed by atoms with Crippen molar-refractivity contribution < 1.29 is 14.0 Å². The lowest BCUT2D eigenvalue weighted by atomic mass is 10.2. The molecular weight excluding hydrogens is 271 g/mol. The topological polar surface area (TPSA) is 49.4 Å². The van der Waals surface area contributed by atoms with Crippen LogP contribution < -0.4 is 5.32 Å². The normalized spacial score (nSPS) is 10.2. The summed E-state index contributed by atoms with van der Waals surface area (Å²) in [5.41, 5.74) is 0.169. The van der Waals surface area contributed by atoms with Gasteiger partial charge in [0.25, 0.3) is 0 Å². The van der Waals surface area contributed by atoms with E-state index in [0.717, 1.165) is 19.3 Å². The maximum Gasteiger partial charge on any atom is 0.226 e. The fourth-order valence-corrected chi connectivity index (χ4v) is 1.99. The van der Waals surface area contributed by atoms with Gasteiger partial charge >= 0.3 is 0 Å². The van der Waals surface area contributed by atoms with Gasteiger partial charge in [0.15, 0.2) is 0 Å². The van der Waals surface area contributed by atoms with E-state index in [0.29, 0.717) is 13.1 Å². The number of anilines is 1. The summed E-state index contributed by atoms with van der Waals surface area (Å²) in [6.07, 6.45) is 3.25. The molecule has 0 spiro atoms. The fourth-order valence-electron chi connectivity index (χ4n) is 1.99. The molecule has 0 saturated heterocycles. The molecule has 1 rings (SSSR count). The molecule has 0 aliphatic carbocycles. The van der Waals surface area contributed by atoms with Crippen molar-refractivity contribution in [3.63, 3.8) is 0 Å². The summed E-state index contributed by atoms with van der Waals surface area (Å²) >= 11 is 0. The summed E-state index contributed by atoms with van der Waals surface area (Å²) in [6, 6.07) is 6.03. The first-order valence-electron chi connectivity index (χ1n) is 7.34. The molecule has 0 aliphatic heterocycles. The largest absolute Gasteiger partial charge is 0.342 e. The van der Waals surface area contributed by atoms with Gasteiger partial charge in [0, 0.05) is 26.4 Å². The first-order chi connectivity index (χ1) is 10.0. The molecule has 1 aromatic carbocycles.